The van der Waals surface area contributed by atoms with Gasteiger partial charge in [0.2, 0.25) is 5.91 Å². The summed E-state index contributed by atoms with van der Waals surface area (Å²) in [5, 5.41) is 12.4. The Balaban J connectivity index is 2.02. The van der Waals surface area contributed by atoms with Gasteiger partial charge in [-0.3, -0.25) is 4.79 Å². The van der Waals surface area contributed by atoms with E-state index in [0.717, 1.165) is 38.5 Å². The normalized spacial score (nSPS) is 20.1. The highest BCUT2D eigenvalue weighted by atomic mass is 16.6. The second-order valence-electron chi connectivity index (χ2n) is 9.77. The van der Waals surface area contributed by atoms with E-state index in [0.29, 0.717) is 25.4 Å². The Labute approximate surface area is 176 Å². The summed E-state index contributed by atoms with van der Waals surface area (Å²) in [4.78, 5) is 27.6. The first-order valence-electron chi connectivity index (χ1n) is 11.7. The maximum Gasteiger partial charge on any atom is 0.407 e. The van der Waals surface area contributed by atoms with Gasteiger partial charge < -0.3 is 20.1 Å². The third-order valence-electron chi connectivity index (χ3n) is 6.30. The number of amides is 2. The monoisotopic (exact) mass is 410 g/mol. The minimum atomic E-state index is -0.526. The quantitative estimate of drug-likeness (QED) is 0.627. The molecule has 2 aliphatic carbocycles. The molecule has 0 heterocycles. The van der Waals surface area contributed by atoms with Crippen molar-refractivity contribution in [2.45, 2.75) is 103 Å². The molecular formula is C23H42N2O4. The highest BCUT2D eigenvalue weighted by Gasteiger charge is 2.35. The van der Waals surface area contributed by atoms with E-state index < -0.39 is 11.7 Å². The van der Waals surface area contributed by atoms with E-state index in [1.54, 1.807) is 0 Å². The average Bonchev–Trinajstić information content (AvgIpc) is 2.69. The van der Waals surface area contributed by atoms with Gasteiger partial charge in [-0.05, 0) is 58.8 Å². The third kappa shape index (κ3) is 8.15. The first kappa shape index (κ1) is 24.0. The molecule has 2 amide bonds. The van der Waals surface area contributed by atoms with Crippen LogP contribution >= 0.6 is 0 Å². The molecule has 2 rings (SSSR count). The van der Waals surface area contributed by atoms with E-state index in [1.165, 1.54) is 25.7 Å². The Morgan fingerprint density at radius 3 is 2.17 bits per heavy atom. The molecule has 0 bridgehead atoms. The zero-order valence-electron chi connectivity index (χ0n) is 18.8. The number of rotatable bonds is 8. The number of ether oxygens (including phenoxy) is 1. The number of nitrogens with one attached hydrogen (secondary N) is 1. The second-order valence-corrected chi connectivity index (χ2v) is 9.77. The highest BCUT2D eigenvalue weighted by molar-refractivity contribution is 5.79. The topological polar surface area (TPSA) is 78.9 Å². The van der Waals surface area contributed by atoms with Gasteiger partial charge in [0.15, 0.2) is 0 Å². The Morgan fingerprint density at radius 1 is 1.03 bits per heavy atom. The van der Waals surface area contributed by atoms with E-state index in [2.05, 4.69) is 5.32 Å². The van der Waals surface area contributed by atoms with Crippen LogP contribution in [0.3, 0.4) is 0 Å². The van der Waals surface area contributed by atoms with Crippen molar-refractivity contribution >= 4 is 12.0 Å². The van der Waals surface area contributed by atoms with Gasteiger partial charge in [0, 0.05) is 25.0 Å². The molecular weight excluding hydrogens is 368 g/mol. The standard InChI is InChI=1S/C23H42N2O4/c1-23(2,3)29-22(28)24-15-14-20(18-10-6-4-7-11-18)21(27)25(16-17-26)19-12-8-5-9-13-19/h18-20,26H,4-17H2,1-3H3,(H,24,28). The molecule has 0 aromatic rings. The fourth-order valence-electron chi connectivity index (χ4n) is 4.93. The number of hydrogen-bond donors (Lipinski definition) is 2. The van der Waals surface area contributed by atoms with E-state index in [9.17, 15) is 14.7 Å². The summed E-state index contributed by atoms with van der Waals surface area (Å²) >= 11 is 0. The van der Waals surface area contributed by atoms with E-state index in [-0.39, 0.29) is 24.5 Å². The molecule has 2 N–H and O–H groups in total. The molecule has 168 valence electrons. The molecule has 0 aromatic heterocycles. The third-order valence-corrected chi connectivity index (χ3v) is 6.30. The van der Waals surface area contributed by atoms with Gasteiger partial charge >= 0.3 is 6.09 Å². The van der Waals surface area contributed by atoms with Gasteiger partial charge in [0.05, 0.1) is 6.61 Å². The summed E-state index contributed by atoms with van der Waals surface area (Å²) in [6.45, 7) is 6.41. The van der Waals surface area contributed by atoms with Crippen LogP contribution in [0.15, 0.2) is 0 Å². The molecule has 2 fully saturated rings. The smallest absolute Gasteiger partial charge is 0.407 e. The summed E-state index contributed by atoms with van der Waals surface area (Å²) in [5.74, 6) is 0.476. The number of aliphatic hydroxyl groups is 1. The molecule has 6 heteroatoms. The number of nitrogens with zero attached hydrogens (tertiary/aromatic N) is 1. The molecule has 0 radical (unpaired) electrons. The summed E-state index contributed by atoms with van der Waals surface area (Å²) in [7, 11) is 0. The van der Waals surface area contributed by atoms with Gasteiger partial charge in [0.1, 0.15) is 5.60 Å². The maximum absolute atomic E-state index is 13.6. The fourth-order valence-corrected chi connectivity index (χ4v) is 4.93. The summed E-state index contributed by atoms with van der Waals surface area (Å²) in [6.07, 6.45) is 11.6. The van der Waals surface area contributed by atoms with Gasteiger partial charge in [-0.25, -0.2) is 4.79 Å². The van der Waals surface area contributed by atoms with E-state index in [4.69, 9.17) is 4.74 Å². The number of carbonyl (C=O) groups excluding carboxylic acids is 2. The molecule has 0 aliphatic heterocycles. The molecule has 2 saturated carbocycles. The fraction of sp³-hybridized carbons (Fsp3) is 0.913. The van der Waals surface area contributed by atoms with Crippen LogP contribution < -0.4 is 5.32 Å². The first-order valence-corrected chi connectivity index (χ1v) is 11.7. The van der Waals surface area contributed by atoms with Crippen LogP contribution in [0.5, 0.6) is 0 Å². The molecule has 1 unspecified atom stereocenters. The SMILES string of the molecule is CC(C)(C)OC(=O)NCCC(C(=O)N(CCO)C1CCCCC1)C1CCCCC1. The number of alkyl carbamates (subject to hydrolysis) is 1. The van der Waals surface area contributed by atoms with E-state index in [1.807, 2.05) is 25.7 Å². The lowest BCUT2D eigenvalue weighted by Gasteiger charge is -2.39. The minimum absolute atomic E-state index is 0.00971. The van der Waals surface area contributed by atoms with Crippen LogP contribution in [0.1, 0.15) is 91.4 Å². The van der Waals surface area contributed by atoms with Gasteiger partial charge in [0.25, 0.3) is 0 Å². The molecule has 0 saturated heterocycles. The summed E-state index contributed by atoms with van der Waals surface area (Å²) in [6, 6.07) is 0.258. The lowest BCUT2D eigenvalue weighted by molar-refractivity contribution is -0.142. The number of aliphatic hydroxyl groups excluding tert-OH is 1. The van der Waals surface area contributed by atoms with Gasteiger partial charge in [-0.1, -0.05) is 38.5 Å². The Bertz CT molecular complexity index is 505. The van der Waals surface area contributed by atoms with Crippen molar-refractivity contribution in [2.24, 2.45) is 11.8 Å². The van der Waals surface area contributed by atoms with Gasteiger partial charge in [-0.15, -0.1) is 0 Å². The zero-order chi connectivity index (χ0) is 21.3. The molecule has 1 atom stereocenters. The van der Waals surface area contributed by atoms with Crippen molar-refractivity contribution in [1.82, 2.24) is 10.2 Å². The molecule has 6 nitrogen and oxygen atoms in total. The minimum Gasteiger partial charge on any atom is -0.444 e. The Hall–Kier alpha value is -1.30. The second kappa shape index (κ2) is 11.8. The Morgan fingerprint density at radius 2 is 1.62 bits per heavy atom. The van der Waals surface area contributed by atoms with Crippen molar-refractivity contribution < 1.29 is 19.4 Å². The van der Waals surface area contributed by atoms with Gasteiger partial charge in [-0.2, -0.15) is 0 Å². The predicted octanol–water partition coefficient (Wildman–Crippen LogP) is 4.25. The average molecular weight is 411 g/mol. The maximum atomic E-state index is 13.6. The molecule has 29 heavy (non-hydrogen) atoms. The lowest BCUT2D eigenvalue weighted by atomic mass is 9.77. The van der Waals surface area contributed by atoms with Crippen molar-refractivity contribution in [1.29, 1.82) is 0 Å². The van der Waals surface area contributed by atoms with Crippen LogP contribution in [-0.4, -0.2) is 53.3 Å². The van der Waals surface area contributed by atoms with E-state index >= 15 is 0 Å². The Kier molecular flexibility index (Phi) is 9.73. The van der Waals surface area contributed by atoms with Crippen LogP contribution in [0.4, 0.5) is 4.79 Å². The lowest BCUT2D eigenvalue weighted by Crippen LogP contribution is -2.48. The summed E-state index contributed by atoms with van der Waals surface area (Å²) in [5.41, 5.74) is -0.526. The van der Waals surface area contributed by atoms with Crippen LogP contribution in [-0.2, 0) is 9.53 Å². The van der Waals surface area contributed by atoms with Crippen LogP contribution in [0, 0.1) is 11.8 Å². The first-order chi connectivity index (χ1) is 13.8. The molecule has 2 aliphatic rings. The van der Waals surface area contributed by atoms with Crippen molar-refractivity contribution in [3.63, 3.8) is 0 Å². The van der Waals surface area contributed by atoms with Crippen molar-refractivity contribution in [3.8, 4) is 0 Å². The number of hydrogen-bond acceptors (Lipinski definition) is 4. The van der Waals surface area contributed by atoms with Crippen molar-refractivity contribution in [2.75, 3.05) is 19.7 Å². The van der Waals surface area contributed by atoms with Crippen molar-refractivity contribution in [3.05, 3.63) is 0 Å². The largest absolute Gasteiger partial charge is 0.444 e. The predicted molar refractivity (Wildman–Crippen MR) is 115 cm³/mol. The summed E-state index contributed by atoms with van der Waals surface area (Å²) < 4.78 is 5.33. The van der Waals surface area contributed by atoms with Crippen LogP contribution in [0.2, 0.25) is 0 Å². The highest BCUT2D eigenvalue weighted by Crippen LogP contribution is 2.34. The number of carbonyl (C=O) groups is 2. The molecule has 0 aromatic carbocycles. The molecule has 0 spiro atoms. The zero-order valence-corrected chi connectivity index (χ0v) is 18.8. The van der Waals surface area contributed by atoms with Crippen LogP contribution in [0.25, 0.3) is 0 Å².